The molecule has 0 aliphatic carbocycles. The third-order valence-corrected chi connectivity index (χ3v) is 3.40. The van der Waals surface area contributed by atoms with Gasteiger partial charge in [-0.1, -0.05) is 26.0 Å². The first-order valence-electron chi connectivity index (χ1n) is 5.94. The predicted octanol–water partition coefficient (Wildman–Crippen LogP) is 4.12. The molecule has 0 spiro atoms. The Hall–Kier alpha value is -0.830. The summed E-state index contributed by atoms with van der Waals surface area (Å²) in [5.74, 6) is 1.89. The summed E-state index contributed by atoms with van der Waals surface area (Å²) < 4.78 is 27.6. The monoisotopic (exact) mass is 274 g/mol. The summed E-state index contributed by atoms with van der Waals surface area (Å²) in [4.78, 5) is 0. The Kier molecular flexibility index (Phi) is 9.66. The highest BCUT2D eigenvalue weighted by Crippen LogP contribution is 2.49. The predicted molar refractivity (Wildman–Crippen MR) is 74.5 cm³/mol. The van der Waals surface area contributed by atoms with Crippen molar-refractivity contribution in [1.29, 1.82) is 0 Å². The van der Waals surface area contributed by atoms with Crippen LogP contribution >= 0.6 is 7.60 Å². The lowest BCUT2D eigenvalue weighted by molar-refractivity contribution is 0.224. The lowest BCUT2D eigenvalue weighted by atomic mass is 10.1. The van der Waals surface area contributed by atoms with E-state index in [9.17, 15) is 4.57 Å². The van der Waals surface area contributed by atoms with Crippen molar-refractivity contribution in [1.82, 2.24) is 0 Å². The Labute approximate surface area is 110 Å². The van der Waals surface area contributed by atoms with Gasteiger partial charge in [-0.25, -0.2) is 0 Å². The summed E-state index contributed by atoms with van der Waals surface area (Å²) in [6, 6.07) is 0. The van der Waals surface area contributed by atoms with E-state index in [1.54, 1.807) is 0 Å². The van der Waals surface area contributed by atoms with Crippen LogP contribution in [0.4, 0.5) is 0 Å². The zero-order chi connectivity index (χ0) is 13.9. The summed E-state index contributed by atoms with van der Waals surface area (Å²) in [5.41, 5.74) is 0. The van der Waals surface area contributed by atoms with Gasteiger partial charge >= 0.3 is 7.60 Å². The minimum atomic E-state index is -3.26. The van der Waals surface area contributed by atoms with Crippen molar-refractivity contribution in [3.05, 3.63) is 37.4 Å². The zero-order valence-electron chi connectivity index (χ0n) is 11.2. The molecule has 0 heterocycles. The van der Waals surface area contributed by atoms with Crippen molar-refractivity contribution in [3.63, 3.8) is 0 Å². The van der Waals surface area contributed by atoms with Gasteiger partial charge in [-0.2, -0.15) is 0 Å². The Morgan fingerprint density at radius 1 is 1.17 bits per heavy atom. The van der Waals surface area contributed by atoms with E-state index in [1.807, 2.05) is 0 Å². The van der Waals surface area contributed by atoms with Crippen LogP contribution in [-0.4, -0.2) is 19.8 Å². The number of hydrogen-bond acceptors (Lipinski definition) is 4. The summed E-state index contributed by atoms with van der Waals surface area (Å²) in [7, 11) is -3.26. The van der Waals surface area contributed by atoms with Crippen LogP contribution in [0, 0.1) is 5.92 Å². The molecular weight excluding hydrogens is 251 g/mol. The molecule has 0 aromatic rings. The van der Waals surface area contributed by atoms with E-state index >= 15 is 0 Å². The van der Waals surface area contributed by atoms with E-state index in [0.29, 0.717) is 12.5 Å². The molecular formula is C13H23O4P. The fraction of sp³-hybridized carbons (Fsp3) is 0.538. The second-order valence-corrected chi connectivity index (χ2v) is 5.94. The molecule has 0 amide bonds. The van der Waals surface area contributed by atoms with E-state index in [1.165, 1.54) is 24.2 Å². The van der Waals surface area contributed by atoms with Crippen molar-refractivity contribution in [2.75, 3.05) is 19.8 Å². The molecule has 104 valence electrons. The minimum absolute atomic E-state index is 0.157. The van der Waals surface area contributed by atoms with Gasteiger partial charge in [-0.3, -0.25) is 4.57 Å². The normalized spacial score (nSPS) is 11.9. The summed E-state index contributed by atoms with van der Waals surface area (Å²) in [6.45, 7) is 12.1. The Bertz CT molecular complexity index is 294. The van der Waals surface area contributed by atoms with Gasteiger partial charge < -0.3 is 13.8 Å². The van der Waals surface area contributed by atoms with Gasteiger partial charge in [0.15, 0.2) is 0 Å². The largest absolute Gasteiger partial charge is 0.501 e. The van der Waals surface area contributed by atoms with Gasteiger partial charge in [0.2, 0.25) is 0 Å². The Morgan fingerprint density at radius 2 is 1.72 bits per heavy atom. The summed E-state index contributed by atoms with van der Waals surface area (Å²) in [6.07, 6.45) is 5.33. The average molecular weight is 274 g/mol. The molecule has 0 saturated carbocycles. The van der Waals surface area contributed by atoms with Crippen molar-refractivity contribution in [2.45, 2.75) is 20.3 Å². The molecule has 0 fully saturated rings. The second kappa shape index (κ2) is 10.1. The molecule has 0 radical (unpaired) electrons. The maximum atomic E-state index is 12.1. The van der Waals surface area contributed by atoms with Crippen molar-refractivity contribution < 1.29 is 18.3 Å². The molecule has 0 N–H and O–H groups in total. The van der Waals surface area contributed by atoms with E-state index in [-0.39, 0.29) is 13.2 Å². The molecule has 0 aromatic carbocycles. The highest BCUT2D eigenvalue weighted by molar-refractivity contribution is 7.57. The number of ether oxygens (including phenoxy) is 1. The van der Waals surface area contributed by atoms with Crippen LogP contribution in [0.1, 0.15) is 20.3 Å². The molecule has 18 heavy (non-hydrogen) atoms. The minimum Gasteiger partial charge on any atom is -0.501 e. The maximum absolute atomic E-state index is 12.1. The van der Waals surface area contributed by atoms with Gasteiger partial charge in [0.1, 0.15) is 0 Å². The van der Waals surface area contributed by atoms with Crippen LogP contribution in [-0.2, 0) is 18.3 Å². The third kappa shape index (κ3) is 9.23. The lowest BCUT2D eigenvalue weighted by Crippen LogP contribution is -1.96. The second-order valence-electron chi connectivity index (χ2n) is 4.05. The topological polar surface area (TPSA) is 44.8 Å². The van der Waals surface area contributed by atoms with E-state index < -0.39 is 7.60 Å². The third-order valence-electron chi connectivity index (χ3n) is 1.90. The molecule has 5 heteroatoms. The van der Waals surface area contributed by atoms with Crippen LogP contribution in [0.2, 0.25) is 0 Å². The van der Waals surface area contributed by atoms with Crippen LogP contribution in [0.15, 0.2) is 37.4 Å². The fourth-order valence-electron chi connectivity index (χ4n) is 0.926. The van der Waals surface area contributed by atoms with Crippen molar-refractivity contribution >= 4 is 7.60 Å². The van der Waals surface area contributed by atoms with E-state index in [0.717, 1.165) is 6.42 Å². The van der Waals surface area contributed by atoms with Gasteiger partial charge in [0, 0.05) is 0 Å². The van der Waals surface area contributed by atoms with Gasteiger partial charge in [-0.15, -0.1) is 13.2 Å². The number of rotatable bonds is 11. The Morgan fingerprint density at radius 3 is 2.17 bits per heavy atom. The molecule has 0 saturated heterocycles. The SMILES string of the molecule is C=CCOP(=O)(C=COCCC(C)C)OCC=C. The molecule has 0 bridgehead atoms. The summed E-state index contributed by atoms with van der Waals surface area (Å²) >= 11 is 0. The highest BCUT2D eigenvalue weighted by atomic mass is 31.2. The molecule has 0 unspecified atom stereocenters. The quantitative estimate of drug-likeness (QED) is 0.246. The van der Waals surface area contributed by atoms with Crippen molar-refractivity contribution in [2.24, 2.45) is 5.92 Å². The number of hydrogen-bond donors (Lipinski definition) is 0. The maximum Gasteiger partial charge on any atom is 0.357 e. The molecule has 0 aliphatic heterocycles. The van der Waals surface area contributed by atoms with E-state index in [2.05, 4.69) is 27.0 Å². The lowest BCUT2D eigenvalue weighted by Gasteiger charge is -2.12. The highest BCUT2D eigenvalue weighted by Gasteiger charge is 2.19. The first-order chi connectivity index (χ1) is 8.54. The van der Waals surface area contributed by atoms with Crippen LogP contribution in [0.25, 0.3) is 0 Å². The van der Waals surface area contributed by atoms with Crippen LogP contribution < -0.4 is 0 Å². The van der Waals surface area contributed by atoms with Gasteiger partial charge in [0.05, 0.1) is 31.9 Å². The first-order valence-corrected chi connectivity index (χ1v) is 7.55. The molecule has 0 atom stereocenters. The molecule has 0 rings (SSSR count). The fourth-order valence-corrected chi connectivity index (χ4v) is 2.03. The zero-order valence-corrected chi connectivity index (χ0v) is 12.1. The van der Waals surface area contributed by atoms with Crippen molar-refractivity contribution in [3.8, 4) is 0 Å². The standard InChI is InChI=1S/C13H23O4P/c1-5-8-16-18(14,17-9-6-2)12-11-15-10-7-13(3)4/h5-6,11-13H,1-2,7-10H2,3-4H3. The van der Waals surface area contributed by atoms with Gasteiger partial charge in [0.25, 0.3) is 0 Å². The summed E-state index contributed by atoms with van der Waals surface area (Å²) in [5, 5.41) is 0. The molecule has 4 nitrogen and oxygen atoms in total. The Balaban J connectivity index is 4.20. The molecule has 0 aromatic heterocycles. The smallest absolute Gasteiger partial charge is 0.357 e. The average Bonchev–Trinajstić information content (AvgIpc) is 2.33. The molecule has 0 aliphatic rings. The first kappa shape index (κ1) is 17.2. The van der Waals surface area contributed by atoms with Crippen LogP contribution in [0.3, 0.4) is 0 Å². The van der Waals surface area contributed by atoms with Crippen LogP contribution in [0.5, 0.6) is 0 Å². The van der Waals surface area contributed by atoms with Gasteiger partial charge in [-0.05, 0) is 12.3 Å². The van der Waals surface area contributed by atoms with E-state index in [4.69, 9.17) is 13.8 Å².